The highest BCUT2D eigenvalue weighted by atomic mass is 32.2. The lowest BCUT2D eigenvalue weighted by Crippen LogP contribution is -1.95. The monoisotopic (exact) mass is 246 g/mol. The molecule has 0 radical (unpaired) electrons. The molecule has 0 atom stereocenters. The van der Waals surface area contributed by atoms with Crippen LogP contribution in [0.1, 0.15) is 5.56 Å². The quantitative estimate of drug-likeness (QED) is 0.843. The van der Waals surface area contributed by atoms with Crippen molar-refractivity contribution in [1.82, 2.24) is 4.98 Å². The molecule has 0 amide bonds. The average molecular weight is 246 g/mol. The Morgan fingerprint density at radius 3 is 2.82 bits per heavy atom. The summed E-state index contributed by atoms with van der Waals surface area (Å²) in [6, 6.07) is 11.8. The summed E-state index contributed by atoms with van der Waals surface area (Å²) in [6.45, 7) is 0. The zero-order valence-electron chi connectivity index (χ0n) is 9.59. The number of hydrogen-bond donors (Lipinski definition) is 1. The van der Waals surface area contributed by atoms with Crippen LogP contribution in [-0.4, -0.2) is 12.1 Å². The number of para-hydroxylation sites is 1. The predicted molar refractivity (Wildman–Crippen MR) is 71.2 cm³/mol. The Hall–Kier alpha value is -1.68. The molecule has 0 saturated carbocycles. The van der Waals surface area contributed by atoms with E-state index < -0.39 is 0 Å². The number of anilines is 1. The van der Waals surface area contributed by atoms with E-state index in [1.165, 1.54) is 0 Å². The Bertz CT molecular complexity index is 502. The number of nitrogen functional groups attached to an aromatic ring is 1. The maximum Gasteiger partial charge on any atom is 0.132 e. The molecule has 88 valence electrons. The van der Waals surface area contributed by atoms with E-state index >= 15 is 0 Å². The van der Waals surface area contributed by atoms with Gasteiger partial charge in [0.05, 0.1) is 7.11 Å². The lowest BCUT2D eigenvalue weighted by Gasteiger charge is -2.08. The van der Waals surface area contributed by atoms with Gasteiger partial charge in [0.15, 0.2) is 0 Å². The second kappa shape index (κ2) is 5.59. The second-order valence-corrected chi connectivity index (χ2v) is 4.50. The maximum atomic E-state index is 5.80. The van der Waals surface area contributed by atoms with E-state index in [1.54, 1.807) is 25.1 Å². The fourth-order valence-electron chi connectivity index (χ4n) is 1.47. The minimum atomic E-state index is 0.592. The van der Waals surface area contributed by atoms with Crippen LogP contribution in [-0.2, 0) is 5.75 Å². The minimum Gasteiger partial charge on any atom is -0.496 e. The molecule has 3 nitrogen and oxygen atoms in total. The third-order valence-electron chi connectivity index (χ3n) is 2.38. The van der Waals surface area contributed by atoms with Crippen molar-refractivity contribution in [3.63, 3.8) is 0 Å². The molecule has 0 saturated heterocycles. The van der Waals surface area contributed by atoms with Crippen LogP contribution in [0.2, 0.25) is 0 Å². The molecule has 1 aromatic heterocycles. The predicted octanol–water partition coefficient (Wildman–Crippen LogP) is 2.96. The van der Waals surface area contributed by atoms with Crippen molar-refractivity contribution in [3.05, 3.63) is 48.2 Å². The summed E-state index contributed by atoms with van der Waals surface area (Å²) >= 11 is 1.69. The molecule has 0 aliphatic rings. The highest BCUT2D eigenvalue weighted by Gasteiger charge is 2.04. The van der Waals surface area contributed by atoms with E-state index in [0.717, 1.165) is 22.0 Å². The molecule has 2 N–H and O–H groups in total. The average Bonchev–Trinajstić information content (AvgIpc) is 2.38. The first kappa shape index (κ1) is 11.8. The third kappa shape index (κ3) is 2.91. The highest BCUT2D eigenvalue weighted by Crippen LogP contribution is 2.31. The van der Waals surface area contributed by atoms with Crippen LogP contribution in [0.3, 0.4) is 0 Å². The van der Waals surface area contributed by atoms with Gasteiger partial charge < -0.3 is 10.5 Å². The second-order valence-electron chi connectivity index (χ2n) is 3.49. The largest absolute Gasteiger partial charge is 0.496 e. The van der Waals surface area contributed by atoms with Gasteiger partial charge in [0.1, 0.15) is 11.6 Å². The van der Waals surface area contributed by atoms with E-state index in [2.05, 4.69) is 4.98 Å². The maximum absolute atomic E-state index is 5.80. The third-order valence-corrected chi connectivity index (χ3v) is 3.48. The van der Waals surface area contributed by atoms with Gasteiger partial charge in [-0.3, -0.25) is 0 Å². The number of aromatic nitrogens is 1. The van der Waals surface area contributed by atoms with Crippen LogP contribution < -0.4 is 10.5 Å². The number of nitrogens with two attached hydrogens (primary N) is 1. The van der Waals surface area contributed by atoms with Gasteiger partial charge in [0, 0.05) is 22.4 Å². The van der Waals surface area contributed by atoms with E-state index in [4.69, 9.17) is 10.5 Å². The number of nitrogens with zero attached hydrogens (tertiary/aromatic N) is 1. The molecule has 0 bridgehead atoms. The zero-order chi connectivity index (χ0) is 12.1. The van der Waals surface area contributed by atoms with Crippen LogP contribution in [0.5, 0.6) is 5.75 Å². The van der Waals surface area contributed by atoms with Crippen molar-refractivity contribution in [2.75, 3.05) is 12.8 Å². The number of methoxy groups -OCH3 is 1. The van der Waals surface area contributed by atoms with Crippen molar-refractivity contribution < 1.29 is 4.74 Å². The number of ether oxygens (including phenoxy) is 1. The van der Waals surface area contributed by atoms with Crippen molar-refractivity contribution in [2.45, 2.75) is 10.6 Å². The smallest absolute Gasteiger partial charge is 0.132 e. The summed E-state index contributed by atoms with van der Waals surface area (Å²) in [5.41, 5.74) is 6.84. The lowest BCUT2D eigenvalue weighted by molar-refractivity contribution is 0.405. The Morgan fingerprint density at radius 2 is 2.06 bits per heavy atom. The molecule has 2 aromatic rings. The summed E-state index contributed by atoms with van der Waals surface area (Å²) in [6.07, 6.45) is 1.70. The molecule has 0 fully saturated rings. The first-order chi connectivity index (χ1) is 8.31. The first-order valence-electron chi connectivity index (χ1n) is 5.26. The molecule has 0 aliphatic heterocycles. The van der Waals surface area contributed by atoms with E-state index in [0.29, 0.717) is 5.82 Å². The Labute approximate surface area is 105 Å². The number of hydrogen-bond acceptors (Lipinski definition) is 4. The first-order valence-corrected chi connectivity index (χ1v) is 6.25. The van der Waals surface area contributed by atoms with Crippen molar-refractivity contribution >= 4 is 17.6 Å². The molecule has 17 heavy (non-hydrogen) atoms. The Morgan fingerprint density at radius 1 is 1.24 bits per heavy atom. The van der Waals surface area contributed by atoms with Crippen LogP contribution in [0.15, 0.2) is 47.5 Å². The molecule has 4 heteroatoms. The molecular weight excluding hydrogens is 232 g/mol. The van der Waals surface area contributed by atoms with E-state index in [1.807, 2.05) is 36.4 Å². The van der Waals surface area contributed by atoms with E-state index in [-0.39, 0.29) is 0 Å². The normalized spacial score (nSPS) is 10.2. The van der Waals surface area contributed by atoms with Gasteiger partial charge in [0.2, 0.25) is 0 Å². The molecule has 1 aromatic carbocycles. The molecular formula is C13H14N2OS. The van der Waals surface area contributed by atoms with Gasteiger partial charge in [0.25, 0.3) is 0 Å². The minimum absolute atomic E-state index is 0.592. The topological polar surface area (TPSA) is 48.1 Å². The van der Waals surface area contributed by atoms with Gasteiger partial charge in [-0.05, 0) is 18.2 Å². The highest BCUT2D eigenvalue weighted by molar-refractivity contribution is 7.98. The fourth-order valence-corrected chi connectivity index (χ4v) is 2.49. The summed E-state index contributed by atoms with van der Waals surface area (Å²) in [5.74, 6) is 2.27. The zero-order valence-corrected chi connectivity index (χ0v) is 10.4. The molecule has 2 rings (SSSR count). The standard InChI is InChI=1S/C13H14N2OS/c1-16-11-6-2-3-7-12(11)17-9-10-5-4-8-15-13(10)14/h2-8H,9H2,1H3,(H2,14,15). The van der Waals surface area contributed by atoms with Gasteiger partial charge in [-0.2, -0.15) is 0 Å². The van der Waals surface area contributed by atoms with Crippen LogP contribution in [0, 0.1) is 0 Å². The van der Waals surface area contributed by atoms with Crippen molar-refractivity contribution in [3.8, 4) is 5.75 Å². The van der Waals surface area contributed by atoms with E-state index in [9.17, 15) is 0 Å². The van der Waals surface area contributed by atoms with Crippen molar-refractivity contribution in [1.29, 1.82) is 0 Å². The lowest BCUT2D eigenvalue weighted by atomic mass is 10.3. The van der Waals surface area contributed by atoms with Crippen molar-refractivity contribution in [2.24, 2.45) is 0 Å². The van der Waals surface area contributed by atoms with Gasteiger partial charge in [-0.1, -0.05) is 18.2 Å². The molecule has 1 heterocycles. The molecule has 0 aliphatic carbocycles. The fraction of sp³-hybridized carbons (Fsp3) is 0.154. The molecule has 0 spiro atoms. The summed E-state index contributed by atoms with van der Waals surface area (Å²) in [4.78, 5) is 5.18. The Kier molecular flexibility index (Phi) is 3.88. The summed E-state index contributed by atoms with van der Waals surface area (Å²) < 4.78 is 5.30. The van der Waals surface area contributed by atoms with Gasteiger partial charge >= 0.3 is 0 Å². The molecule has 0 unspecified atom stereocenters. The summed E-state index contributed by atoms with van der Waals surface area (Å²) in [7, 11) is 1.68. The Balaban J connectivity index is 2.10. The van der Waals surface area contributed by atoms with Gasteiger partial charge in [-0.25, -0.2) is 4.98 Å². The van der Waals surface area contributed by atoms with Gasteiger partial charge in [-0.15, -0.1) is 11.8 Å². The number of pyridine rings is 1. The number of rotatable bonds is 4. The SMILES string of the molecule is COc1ccccc1SCc1cccnc1N. The summed E-state index contributed by atoms with van der Waals surface area (Å²) in [5, 5.41) is 0. The number of thioether (sulfide) groups is 1. The number of benzene rings is 1. The van der Waals surface area contributed by atoms with Crippen LogP contribution in [0.25, 0.3) is 0 Å². The van der Waals surface area contributed by atoms with Crippen LogP contribution in [0.4, 0.5) is 5.82 Å². The van der Waals surface area contributed by atoms with Crippen LogP contribution >= 0.6 is 11.8 Å².